The van der Waals surface area contributed by atoms with Crippen LogP contribution in [-0.4, -0.2) is 23.6 Å². The van der Waals surface area contributed by atoms with Crippen molar-refractivity contribution in [3.05, 3.63) is 30.1 Å². The molecule has 0 spiro atoms. The first-order valence-corrected chi connectivity index (χ1v) is 10.1. The molecule has 0 saturated carbocycles. The maximum Gasteiger partial charge on any atom is 0.307 e. The highest BCUT2D eigenvalue weighted by Gasteiger charge is 2.06. The molecule has 0 aliphatic heterocycles. The molecule has 27 heavy (non-hydrogen) atoms. The number of amides is 1. The van der Waals surface area contributed by atoms with Gasteiger partial charge in [-0.05, 0) is 18.6 Å². The minimum Gasteiger partial charge on any atom is -1.00 e. The Morgan fingerprint density at radius 3 is 2.11 bits per heavy atom. The molecular weight excluding hydrogens is 364 g/mol. The number of nitrogens with one attached hydrogen (secondary N) is 1. The summed E-state index contributed by atoms with van der Waals surface area (Å²) in [6, 6.07) is 3.35. The first kappa shape index (κ1) is 25.4. The summed E-state index contributed by atoms with van der Waals surface area (Å²) >= 11 is 0. The topological polar surface area (TPSA) is 68.3 Å². The van der Waals surface area contributed by atoms with E-state index < -0.39 is 0 Å². The number of aromatic nitrogens is 1. The summed E-state index contributed by atoms with van der Waals surface area (Å²) in [5, 5.41) is 2.55. The monoisotopic (exact) mass is 397 g/mol. The smallest absolute Gasteiger partial charge is 0.307 e. The van der Waals surface area contributed by atoms with Crippen LogP contribution in [0.1, 0.15) is 94.3 Å². The third kappa shape index (κ3) is 14.1. The van der Waals surface area contributed by atoms with Gasteiger partial charge in [0.1, 0.15) is 0 Å². The van der Waals surface area contributed by atoms with E-state index in [1.165, 1.54) is 64.0 Å². The number of carbonyl (C=O) groups excluding carboxylic acids is 2. The summed E-state index contributed by atoms with van der Waals surface area (Å²) in [5.74, 6) is -0.548. The summed E-state index contributed by atoms with van der Waals surface area (Å²) in [6.45, 7) is 2.15. The molecule has 0 aromatic carbocycles. The zero-order valence-corrected chi connectivity index (χ0v) is 17.3. The number of hydrogen-bond acceptors (Lipinski definition) is 4. The lowest BCUT2D eigenvalue weighted by Crippen LogP contribution is -3.00. The van der Waals surface area contributed by atoms with E-state index in [1.807, 2.05) is 0 Å². The fourth-order valence-electron chi connectivity index (χ4n) is 2.79. The molecule has 1 amide bonds. The van der Waals surface area contributed by atoms with E-state index in [0.717, 1.165) is 12.8 Å². The van der Waals surface area contributed by atoms with Gasteiger partial charge in [-0.3, -0.25) is 14.6 Å². The Morgan fingerprint density at radius 1 is 0.963 bits per heavy atom. The molecule has 1 aromatic heterocycles. The maximum absolute atomic E-state index is 11.7. The number of rotatable bonds is 15. The molecule has 6 heteroatoms. The maximum atomic E-state index is 11.7. The molecule has 1 rings (SSSR count). The molecule has 0 atom stereocenters. The largest absolute Gasteiger partial charge is 1.00 e. The fraction of sp³-hybridized carbons (Fsp3) is 0.667. The van der Waals surface area contributed by atoms with E-state index in [1.54, 1.807) is 18.3 Å². The van der Waals surface area contributed by atoms with Gasteiger partial charge in [0, 0.05) is 18.8 Å². The molecule has 0 aliphatic rings. The molecule has 1 aromatic rings. The molecule has 1 heterocycles. The van der Waals surface area contributed by atoms with Crippen LogP contribution in [0.4, 0.5) is 0 Å². The van der Waals surface area contributed by atoms with E-state index in [2.05, 4.69) is 17.2 Å². The third-order valence-corrected chi connectivity index (χ3v) is 4.37. The second-order valence-electron chi connectivity index (χ2n) is 6.69. The Hall–Kier alpha value is -1.62. The van der Waals surface area contributed by atoms with Crippen molar-refractivity contribution in [1.29, 1.82) is 0 Å². The number of esters is 1. The molecule has 0 bridgehead atoms. The van der Waals surface area contributed by atoms with Crippen molar-refractivity contribution >= 4 is 11.9 Å². The van der Waals surface area contributed by atoms with Gasteiger partial charge in [-0.25, -0.2) is 0 Å². The molecule has 0 fully saturated rings. The van der Waals surface area contributed by atoms with Gasteiger partial charge >= 0.3 is 5.97 Å². The van der Waals surface area contributed by atoms with Crippen LogP contribution in [0.5, 0.6) is 0 Å². The van der Waals surface area contributed by atoms with Gasteiger partial charge in [-0.15, -0.1) is 0 Å². The van der Waals surface area contributed by atoms with Crippen molar-refractivity contribution in [3.63, 3.8) is 0 Å². The second-order valence-corrected chi connectivity index (χ2v) is 6.69. The summed E-state index contributed by atoms with van der Waals surface area (Å²) in [5.41, 5.74) is 0.453. The highest BCUT2D eigenvalue weighted by Crippen LogP contribution is 2.12. The molecule has 0 aliphatic carbocycles. The van der Waals surface area contributed by atoms with E-state index in [-0.39, 0.29) is 31.0 Å². The number of unbranched alkanes of at least 4 members (excludes halogenated alkanes) is 10. The predicted octanol–water partition coefficient (Wildman–Crippen LogP) is 2.02. The van der Waals surface area contributed by atoms with Crippen LogP contribution in [0, 0.1) is 0 Å². The zero-order chi connectivity index (χ0) is 18.9. The van der Waals surface area contributed by atoms with Gasteiger partial charge in [0.2, 0.25) is 0 Å². The van der Waals surface area contributed by atoms with Crippen LogP contribution >= 0.6 is 0 Å². The number of pyridine rings is 1. The average Bonchev–Trinajstić information content (AvgIpc) is 2.66. The van der Waals surface area contributed by atoms with Crippen LogP contribution < -0.4 is 17.7 Å². The van der Waals surface area contributed by atoms with Crippen molar-refractivity contribution in [3.8, 4) is 0 Å². The van der Waals surface area contributed by atoms with Crippen LogP contribution in [0.2, 0.25) is 0 Å². The first-order chi connectivity index (χ1) is 12.7. The van der Waals surface area contributed by atoms with Crippen LogP contribution in [-0.2, 0) is 9.53 Å². The molecule has 0 unspecified atom stereocenters. The summed E-state index contributed by atoms with van der Waals surface area (Å²) in [4.78, 5) is 27.3. The summed E-state index contributed by atoms with van der Waals surface area (Å²) < 4.78 is 5.03. The SMILES string of the molecule is CCCCCCCCCCCCCC(=O)OCNC(=O)c1cccnc1.[Cl-]. The zero-order valence-electron chi connectivity index (χ0n) is 16.6. The van der Waals surface area contributed by atoms with Crippen molar-refractivity contribution in [2.75, 3.05) is 6.73 Å². The van der Waals surface area contributed by atoms with E-state index >= 15 is 0 Å². The summed E-state index contributed by atoms with van der Waals surface area (Å²) in [7, 11) is 0. The Morgan fingerprint density at radius 2 is 1.56 bits per heavy atom. The fourth-order valence-corrected chi connectivity index (χ4v) is 2.79. The lowest BCUT2D eigenvalue weighted by molar-refractivity contribution is -0.144. The van der Waals surface area contributed by atoms with Crippen molar-refractivity contribution in [1.82, 2.24) is 10.3 Å². The van der Waals surface area contributed by atoms with Gasteiger partial charge in [0.25, 0.3) is 5.91 Å². The van der Waals surface area contributed by atoms with Gasteiger partial charge in [0.15, 0.2) is 6.73 Å². The van der Waals surface area contributed by atoms with Crippen LogP contribution in [0.15, 0.2) is 24.5 Å². The van der Waals surface area contributed by atoms with Crippen LogP contribution in [0.25, 0.3) is 0 Å². The second kappa shape index (κ2) is 17.8. The van der Waals surface area contributed by atoms with Gasteiger partial charge in [-0.1, -0.05) is 71.1 Å². The van der Waals surface area contributed by atoms with E-state index in [0.29, 0.717) is 12.0 Å². The Bertz CT molecular complexity index is 497. The third-order valence-electron chi connectivity index (χ3n) is 4.37. The Balaban J connectivity index is 0.00000676. The number of nitrogens with zero attached hydrogens (tertiary/aromatic N) is 1. The Labute approximate surface area is 170 Å². The molecule has 154 valence electrons. The highest BCUT2D eigenvalue weighted by molar-refractivity contribution is 5.93. The quantitative estimate of drug-likeness (QED) is 0.279. The van der Waals surface area contributed by atoms with Crippen LogP contribution in [0.3, 0.4) is 0 Å². The lowest BCUT2D eigenvalue weighted by Gasteiger charge is -2.07. The van der Waals surface area contributed by atoms with Gasteiger partial charge < -0.3 is 22.5 Å². The summed E-state index contributed by atoms with van der Waals surface area (Å²) in [6.07, 6.45) is 17.3. The molecule has 0 radical (unpaired) electrons. The first-order valence-electron chi connectivity index (χ1n) is 10.1. The van der Waals surface area contributed by atoms with E-state index in [4.69, 9.17) is 4.74 Å². The number of carbonyl (C=O) groups is 2. The molecule has 0 saturated heterocycles. The lowest BCUT2D eigenvalue weighted by atomic mass is 10.1. The standard InChI is InChI=1S/C21H34N2O3.ClH/c1-2-3-4-5-6-7-8-9-10-11-12-15-20(24)26-18-23-21(25)19-14-13-16-22-17-19;/h13-14,16-17H,2-12,15,18H2,1H3,(H,23,25);1H/p-1. The number of halogens is 1. The molecular formula is C21H34ClN2O3-. The predicted molar refractivity (Wildman–Crippen MR) is 104 cm³/mol. The number of ether oxygens (including phenoxy) is 1. The molecule has 5 nitrogen and oxygen atoms in total. The Kier molecular flexibility index (Phi) is 16.7. The van der Waals surface area contributed by atoms with E-state index in [9.17, 15) is 9.59 Å². The van der Waals surface area contributed by atoms with Gasteiger partial charge in [-0.2, -0.15) is 0 Å². The van der Waals surface area contributed by atoms with Crippen molar-refractivity contribution < 1.29 is 26.7 Å². The van der Waals surface area contributed by atoms with Crippen molar-refractivity contribution in [2.24, 2.45) is 0 Å². The highest BCUT2D eigenvalue weighted by atomic mass is 35.5. The number of hydrogen-bond donors (Lipinski definition) is 1. The van der Waals surface area contributed by atoms with Crippen molar-refractivity contribution in [2.45, 2.75) is 84.0 Å². The van der Waals surface area contributed by atoms with Gasteiger partial charge in [0.05, 0.1) is 5.56 Å². The molecule has 1 N–H and O–H groups in total. The minimum atomic E-state index is -0.291. The normalized spacial score (nSPS) is 10.1. The average molecular weight is 398 g/mol. The minimum absolute atomic E-state index is 0.